The van der Waals surface area contributed by atoms with Crippen molar-refractivity contribution in [2.24, 2.45) is 0 Å². The van der Waals surface area contributed by atoms with Crippen LogP contribution in [0.3, 0.4) is 0 Å². The van der Waals surface area contributed by atoms with Crippen molar-refractivity contribution in [3.8, 4) is 0 Å². The van der Waals surface area contributed by atoms with Gasteiger partial charge in [-0.2, -0.15) is 0 Å². The van der Waals surface area contributed by atoms with Crippen LogP contribution < -0.4 is 0 Å². The third-order valence-corrected chi connectivity index (χ3v) is 3.36. The normalized spacial score (nSPS) is 10.7. The van der Waals surface area contributed by atoms with Crippen LogP contribution in [0.2, 0.25) is 0 Å². The van der Waals surface area contributed by atoms with E-state index in [2.05, 4.69) is 9.72 Å². The Morgan fingerprint density at radius 2 is 1.81 bits per heavy atom. The van der Waals surface area contributed by atoms with Crippen LogP contribution in [-0.4, -0.2) is 34.9 Å². The highest BCUT2D eigenvalue weighted by Gasteiger charge is 2.17. The van der Waals surface area contributed by atoms with Gasteiger partial charge in [0.15, 0.2) is 11.6 Å². The summed E-state index contributed by atoms with van der Waals surface area (Å²) in [4.78, 5) is 49.4. The molecule has 2 rings (SSSR count). The summed E-state index contributed by atoms with van der Waals surface area (Å²) in [7, 11) is 0. The first-order valence-electron chi connectivity index (χ1n) is 7.80. The van der Waals surface area contributed by atoms with Crippen LogP contribution in [-0.2, 0) is 19.1 Å². The Morgan fingerprint density at radius 1 is 1.12 bits per heavy atom. The van der Waals surface area contributed by atoms with Crippen LogP contribution in [0.15, 0.2) is 42.6 Å². The number of esters is 1. The maximum atomic E-state index is 12.9. The summed E-state index contributed by atoms with van der Waals surface area (Å²) in [6.45, 7) is 1.62. The molecule has 0 amide bonds. The Bertz CT molecular complexity index is 864. The number of ether oxygens (including phenoxy) is 1. The average molecular weight is 357 g/mol. The number of hydrogen-bond acceptors (Lipinski definition) is 5. The number of halogens is 1. The molecule has 134 valence electrons. The largest absolute Gasteiger partial charge is 0.460 e. The van der Waals surface area contributed by atoms with Gasteiger partial charge in [-0.3, -0.25) is 14.4 Å². The van der Waals surface area contributed by atoms with Gasteiger partial charge in [-0.05, 0) is 49.4 Å². The molecule has 0 saturated carbocycles. The van der Waals surface area contributed by atoms with Crippen molar-refractivity contribution in [3.63, 3.8) is 0 Å². The van der Waals surface area contributed by atoms with Crippen LogP contribution in [0.4, 0.5) is 4.39 Å². The Kier molecular flexibility index (Phi) is 6.32. The smallest absolute Gasteiger partial charge is 0.375 e. The fraction of sp³-hybridized carbons (Fsp3) is 0.158. The molecule has 1 aromatic heterocycles. The highest BCUT2D eigenvalue weighted by Crippen LogP contribution is 2.13. The molecule has 0 radical (unpaired) electrons. The second kappa shape index (κ2) is 8.66. The van der Waals surface area contributed by atoms with Crippen LogP contribution in [0.1, 0.15) is 35.0 Å². The van der Waals surface area contributed by atoms with Crippen LogP contribution in [0.5, 0.6) is 0 Å². The van der Waals surface area contributed by atoms with Gasteiger partial charge in [0.25, 0.3) is 0 Å². The fourth-order valence-electron chi connectivity index (χ4n) is 2.09. The lowest BCUT2D eigenvalue weighted by molar-refractivity contribution is -0.154. The van der Waals surface area contributed by atoms with E-state index >= 15 is 0 Å². The molecule has 0 aliphatic rings. The number of aromatic amines is 1. The molecule has 0 aliphatic carbocycles. The number of H-pyrrole nitrogens is 1. The lowest BCUT2D eigenvalue weighted by Gasteiger charge is -1.98. The third kappa shape index (κ3) is 5.07. The molecule has 26 heavy (non-hydrogen) atoms. The molecule has 1 N–H and O–H groups in total. The van der Waals surface area contributed by atoms with Crippen molar-refractivity contribution in [2.75, 3.05) is 6.61 Å². The molecular weight excluding hydrogens is 341 g/mol. The number of benzene rings is 1. The molecule has 0 spiro atoms. The minimum atomic E-state index is -1.04. The highest BCUT2D eigenvalue weighted by atomic mass is 19.1. The molecule has 0 fully saturated rings. The fourth-order valence-corrected chi connectivity index (χ4v) is 2.09. The minimum absolute atomic E-state index is 0.0575. The van der Waals surface area contributed by atoms with Gasteiger partial charge in [-0.15, -0.1) is 0 Å². The van der Waals surface area contributed by atoms with Crippen molar-refractivity contribution in [3.05, 3.63) is 65.2 Å². The maximum Gasteiger partial charge on any atom is 0.375 e. The van der Waals surface area contributed by atoms with Crippen molar-refractivity contribution in [1.82, 2.24) is 4.98 Å². The van der Waals surface area contributed by atoms with Gasteiger partial charge in [-0.25, -0.2) is 9.18 Å². The molecule has 0 atom stereocenters. The number of Topliss-reactive ketones (excluding diaryl/α,β-unsaturated/α-hetero) is 1. The standard InChI is InChI=1S/C19H16FNO5/c1-2-26-19(25)17(23)10-16(22)8-7-15-9-13(11-21-15)18(24)12-3-5-14(20)6-4-12/h3-9,11,21H,2,10H2,1H3/b8-7+. The lowest BCUT2D eigenvalue weighted by Crippen LogP contribution is -2.19. The summed E-state index contributed by atoms with van der Waals surface area (Å²) in [6, 6.07) is 6.66. The summed E-state index contributed by atoms with van der Waals surface area (Å²) in [5, 5.41) is 0. The predicted molar refractivity (Wildman–Crippen MR) is 90.9 cm³/mol. The number of nitrogens with one attached hydrogen (secondary N) is 1. The number of rotatable bonds is 8. The average Bonchev–Trinajstić information content (AvgIpc) is 3.09. The number of allylic oxidation sites excluding steroid dienone is 1. The summed E-state index contributed by atoms with van der Waals surface area (Å²) >= 11 is 0. The quantitative estimate of drug-likeness (QED) is 0.258. The Morgan fingerprint density at radius 3 is 2.46 bits per heavy atom. The van der Waals surface area contributed by atoms with Crippen molar-refractivity contribution in [1.29, 1.82) is 0 Å². The van der Waals surface area contributed by atoms with E-state index < -0.39 is 29.8 Å². The van der Waals surface area contributed by atoms with Crippen molar-refractivity contribution < 1.29 is 28.3 Å². The monoisotopic (exact) mass is 357 g/mol. The van der Waals surface area contributed by atoms with E-state index in [0.29, 0.717) is 16.8 Å². The van der Waals surface area contributed by atoms with Gasteiger partial charge >= 0.3 is 5.97 Å². The molecule has 1 heterocycles. The molecule has 0 saturated heterocycles. The van der Waals surface area contributed by atoms with Crippen LogP contribution in [0.25, 0.3) is 6.08 Å². The second-order valence-corrected chi connectivity index (χ2v) is 5.30. The van der Waals surface area contributed by atoms with Crippen LogP contribution >= 0.6 is 0 Å². The van der Waals surface area contributed by atoms with E-state index in [4.69, 9.17) is 0 Å². The molecule has 7 heteroatoms. The van der Waals surface area contributed by atoms with E-state index in [0.717, 1.165) is 6.08 Å². The maximum absolute atomic E-state index is 12.9. The van der Waals surface area contributed by atoms with E-state index in [1.54, 1.807) is 6.92 Å². The molecule has 0 bridgehead atoms. The number of ketones is 3. The summed E-state index contributed by atoms with van der Waals surface area (Å²) in [6.07, 6.45) is 3.40. The molecule has 1 aromatic carbocycles. The van der Waals surface area contributed by atoms with E-state index in [1.807, 2.05) is 0 Å². The van der Waals surface area contributed by atoms with Gasteiger partial charge in [0.1, 0.15) is 5.82 Å². The van der Waals surface area contributed by atoms with Gasteiger partial charge in [0.05, 0.1) is 13.0 Å². The number of hydrogen-bond donors (Lipinski definition) is 1. The zero-order chi connectivity index (χ0) is 19.1. The topological polar surface area (TPSA) is 93.3 Å². The second-order valence-electron chi connectivity index (χ2n) is 5.30. The van der Waals surface area contributed by atoms with Gasteiger partial charge < -0.3 is 9.72 Å². The third-order valence-electron chi connectivity index (χ3n) is 3.36. The Labute approximate surface area is 148 Å². The van der Waals surface area contributed by atoms with Gasteiger partial charge in [0.2, 0.25) is 5.78 Å². The summed E-state index contributed by atoms with van der Waals surface area (Å²) in [5.74, 6) is -3.26. The molecule has 0 unspecified atom stereocenters. The van der Waals surface area contributed by atoms with Gasteiger partial charge in [-0.1, -0.05) is 0 Å². The minimum Gasteiger partial charge on any atom is -0.460 e. The van der Waals surface area contributed by atoms with E-state index in [-0.39, 0.29) is 12.4 Å². The van der Waals surface area contributed by atoms with Gasteiger partial charge in [0, 0.05) is 23.0 Å². The molecule has 0 aliphatic heterocycles. The van der Waals surface area contributed by atoms with Crippen molar-refractivity contribution >= 4 is 29.4 Å². The predicted octanol–water partition coefficient (Wildman–Crippen LogP) is 2.49. The molecule has 2 aromatic rings. The first-order chi connectivity index (χ1) is 12.4. The number of aromatic nitrogens is 1. The lowest BCUT2D eigenvalue weighted by atomic mass is 10.1. The first-order valence-corrected chi connectivity index (χ1v) is 7.80. The van der Waals surface area contributed by atoms with E-state index in [1.165, 1.54) is 42.6 Å². The zero-order valence-corrected chi connectivity index (χ0v) is 14.0. The number of carbonyl (C=O) groups excluding carboxylic acids is 4. The molecule has 6 nitrogen and oxygen atoms in total. The highest BCUT2D eigenvalue weighted by molar-refractivity contribution is 6.37. The zero-order valence-electron chi connectivity index (χ0n) is 14.0. The first kappa shape index (κ1) is 19.0. The summed E-state index contributed by atoms with van der Waals surface area (Å²) < 4.78 is 17.4. The van der Waals surface area contributed by atoms with Crippen LogP contribution in [0, 0.1) is 5.82 Å². The Balaban J connectivity index is 1.99. The molecular formula is C19H16FNO5. The summed E-state index contributed by atoms with van der Waals surface area (Å²) in [5.41, 5.74) is 1.13. The van der Waals surface area contributed by atoms with E-state index in [9.17, 15) is 23.6 Å². The van der Waals surface area contributed by atoms with Crippen molar-refractivity contribution in [2.45, 2.75) is 13.3 Å². The number of carbonyl (C=O) groups is 4. The Hall–Kier alpha value is -3.35. The SMILES string of the molecule is CCOC(=O)C(=O)CC(=O)/C=C/c1cc(C(=O)c2ccc(F)cc2)c[nH]1.